The van der Waals surface area contributed by atoms with Gasteiger partial charge in [-0.3, -0.25) is 0 Å². The van der Waals surface area contributed by atoms with Gasteiger partial charge in [0.2, 0.25) is 0 Å². The third-order valence-corrected chi connectivity index (χ3v) is 1.74. The van der Waals surface area contributed by atoms with Crippen LogP contribution in [0.2, 0.25) is 0 Å². The Hall–Kier alpha value is -1.20. The lowest BCUT2D eigenvalue weighted by molar-refractivity contribution is 0.115. The van der Waals surface area contributed by atoms with Crippen LogP contribution in [0.1, 0.15) is 0 Å². The zero-order valence-electron chi connectivity index (χ0n) is 7.81. The third kappa shape index (κ3) is 2.94. The number of benzene rings is 1. The number of rotatable bonds is 4. The van der Waals surface area contributed by atoms with E-state index >= 15 is 0 Å². The first-order valence-corrected chi connectivity index (χ1v) is 4.29. The van der Waals surface area contributed by atoms with Crippen molar-refractivity contribution >= 4 is 19.0 Å². The Labute approximate surface area is 84.3 Å². The SMILES string of the molecule is [B]c1cc(N)ccc1OCC(O)CN. The van der Waals surface area contributed by atoms with Crippen molar-refractivity contribution in [2.45, 2.75) is 6.10 Å². The summed E-state index contributed by atoms with van der Waals surface area (Å²) in [4.78, 5) is 0. The molecule has 4 nitrogen and oxygen atoms in total. The fourth-order valence-electron chi connectivity index (χ4n) is 0.952. The van der Waals surface area contributed by atoms with E-state index in [1.54, 1.807) is 18.2 Å². The standard InChI is InChI=1S/C9H13BN2O2/c10-8-3-6(12)1-2-9(8)14-5-7(13)4-11/h1-3,7,13H,4-5,11-12H2. The minimum Gasteiger partial charge on any atom is -0.491 e. The van der Waals surface area contributed by atoms with Gasteiger partial charge in [0.05, 0.1) is 0 Å². The average Bonchev–Trinajstić information content (AvgIpc) is 2.16. The maximum absolute atomic E-state index is 9.15. The van der Waals surface area contributed by atoms with Gasteiger partial charge < -0.3 is 21.3 Å². The Kier molecular flexibility index (Phi) is 3.79. The van der Waals surface area contributed by atoms with Gasteiger partial charge in [0.1, 0.15) is 26.3 Å². The van der Waals surface area contributed by atoms with E-state index in [0.717, 1.165) is 0 Å². The van der Waals surface area contributed by atoms with Crippen LogP contribution in [0, 0.1) is 0 Å². The fourth-order valence-corrected chi connectivity index (χ4v) is 0.952. The zero-order valence-corrected chi connectivity index (χ0v) is 7.81. The van der Waals surface area contributed by atoms with Gasteiger partial charge in [-0.25, -0.2) is 0 Å². The molecule has 0 fully saturated rings. The van der Waals surface area contributed by atoms with Gasteiger partial charge in [0, 0.05) is 12.2 Å². The number of anilines is 1. The highest BCUT2D eigenvalue weighted by atomic mass is 16.5. The molecule has 0 spiro atoms. The molecule has 1 rings (SSSR count). The molecule has 0 amide bonds. The highest BCUT2D eigenvalue weighted by molar-refractivity contribution is 6.34. The summed E-state index contributed by atoms with van der Waals surface area (Å²) in [6.45, 7) is 0.291. The molecule has 2 radical (unpaired) electrons. The van der Waals surface area contributed by atoms with E-state index in [1.165, 1.54) is 0 Å². The van der Waals surface area contributed by atoms with E-state index in [9.17, 15) is 0 Å². The predicted molar refractivity (Wildman–Crippen MR) is 56.8 cm³/mol. The Morgan fingerprint density at radius 3 is 2.79 bits per heavy atom. The molecule has 1 unspecified atom stereocenters. The number of hydrogen-bond donors (Lipinski definition) is 3. The highest BCUT2D eigenvalue weighted by Gasteiger charge is 2.03. The molecule has 0 bridgehead atoms. The normalized spacial score (nSPS) is 12.4. The zero-order chi connectivity index (χ0) is 10.6. The van der Waals surface area contributed by atoms with Gasteiger partial charge in [-0.2, -0.15) is 0 Å². The van der Waals surface area contributed by atoms with Crippen LogP contribution < -0.4 is 21.7 Å². The quantitative estimate of drug-likeness (QED) is 0.411. The molecule has 0 saturated carbocycles. The first kappa shape index (κ1) is 10.9. The first-order chi connectivity index (χ1) is 6.63. The van der Waals surface area contributed by atoms with Crippen molar-refractivity contribution in [3.63, 3.8) is 0 Å². The summed E-state index contributed by atoms with van der Waals surface area (Å²) in [5.41, 5.74) is 11.8. The lowest BCUT2D eigenvalue weighted by Crippen LogP contribution is -2.27. The van der Waals surface area contributed by atoms with Gasteiger partial charge >= 0.3 is 0 Å². The van der Waals surface area contributed by atoms with Gasteiger partial charge in [0.15, 0.2) is 0 Å². The second-order valence-electron chi connectivity index (χ2n) is 3.00. The first-order valence-electron chi connectivity index (χ1n) is 4.29. The van der Waals surface area contributed by atoms with Crippen LogP contribution in [-0.4, -0.2) is 32.2 Å². The smallest absolute Gasteiger partial charge is 0.119 e. The Bertz CT molecular complexity index is 307. The molecule has 0 aliphatic heterocycles. The molecule has 74 valence electrons. The molecule has 14 heavy (non-hydrogen) atoms. The van der Waals surface area contributed by atoms with Crippen molar-refractivity contribution in [1.82, 2.24) is 0 Å². The summed E-state index contributed by atoms with van der Waals surface area (Å²) >= 11 is 0. The molecule has 0 heterocycles. The van der Waals surface area contributed by atoms with Crippen LogP contribution >= 0.6 is 0 Å². The van der Waals surface area contributed by atoms with E-state index < -0.39 is 6.10 Å². The molecule has 5 N–H and O–H groups in total. The van der Waals surface area contributed by atoms with Gasteiger partial charge in [-0.1, -0.05) is 5.46 Å². The summed E-state index contributed by atoms with van der Waals surface area (Å²) in [6, 6.07) is 4.94. The summed E-state index contributed by atoms with van der Waals surface area (Å²) in [5.74, 6) is 0.506. The van der Waals surface area contributed by atoms with Gasteiger partial charge in [-0.15, -0.1) is 0 Å². The van der Waals surface area contributed by atoms with E-state index in [-0.39, 0.29) is 13.2 Å². The average molecular weight is 192 g/mol. The molecule has 0 saturated heterocycles. The van der Waals surface area contributed by atoms with Crippen molar-refractivity contribution in [2.75, 3.05) is 18.9 Å². The topological polar surface area (TPSA) is 81.5 Å². The summed E-state index contributed by atoms with van der Waals surface area (Å²) in [7, 11) is 5.63. The second kappa shape index (κ2) is 4.88. The molecular formula is C9H13BN2O2. The third-order valence-electron chi connectivity index (χ3n) is 1.74. The number of nitrogens with two attached hydrogens (primary N) is 2. The molecule has 0 aliphatic rings. The van der Waals surface area contributed by atoms with Crippen LogP contribution in [0.15, 0.2) is 18.2 Å². The maximum Gasteiger partial charge on any atom is 0.119 e. The lowest BCUT2D eigenvalue weighted by atomic mass is 9.94. The van der Waals surface area contributed by atoms with Crippen molar-refractivity contribution in [3.8, 4) is 5.75 Å². The monoisotopic (exact) mass is 192 g/mol. The van der Waals surface area contributed by atoms with Gasteiger partial charge in [-0.05, 0) is 18.2 Å². The van der Waals surface area contributed by atoms with Crippen molar-refractivity contribution in [3.05, 3.63) is 18.2 Å². The van der Waals surface area contributed by atoms with Crippen LogP contribution in [-0.2, 0) is 0 Å². The summed E-state index contributed by atoms with van der Waals surface area (Å²) in [5, 5.41) is 9.15. The molecular weight excluding hydrogens is 179 g/mol. The van der Waals surface area contributed by atoms with Crippen molar-refractivity contribution in [2.24, 2.45) is 5.73 Å². The molecule has 1 atom stereocenters. The van der Waals surface area contributed by atoms with Crippen molar-refractivity contribution in [1.29, 1.82) is 0 Å². The largest absolute Gasteiger partial charge is 0.491 e. The number of aliphatic hydroxyl groups is 1. The van der Waals surface area contributed by atoms with Crippen LogP contribution in [0.25, 0.3) is 0 Å². The van der Waals surface area contributed by atoms with E-state index in [0.29, 0.717) is 16.9 Å². The van der Waals surface area contributed by atoms with Crippen LogP contribution in [0.5, 0.6) is 5.75 Å². The minimum absolute atomic E-state index is 0.130. The van der Waals surface area contributed by atoms with Crippen LogP contribution in [0.3, 0.4) is 0 Å². The Morgan fingerprint density at radius 2 is 2.21 bits per heavy atom. The number of hydrogen-bond acceptors (Lipinski definition) is 4. The van der Waals surface area contributed by atoms with Crippen molar-refractivity contribution < 1.29 is 9.84 Å². The van der Waals surface area contributed by atoms with Crippen LogP contribution in [0.4, 0.5) is 5.69 Å². The molecule has 0 aromatic heterocycles. The van der Waals surface area contributed by atoms with E-state index in [4.69, 9.17) is 29.2 Å². The second-order valence-corrected chi connectivity index (χ2v) is 3.00. The number of ether oxygens (including phenoxy) is 1. The summed E-state index contributed by atoms with van der Waals surface area (Å²) in [6.07, 6.45) is -0.674. The van der Waals surface area contributed by atoms with Gasteiger partial charge in [0.25, 0.3) is 0 Å². The molecule has 1 aromatic rings. The number of aliphatic hydroxyl groups excluding tert-OH is 1. The Balaban J connectivity index is 2.59. The minimum atomic E-state index is -0.674. The summed E-state index contributed by atoms with van der Waals surface area (Å²) < 4.78 is 5.23. The Morgan fingerprint density at radius 1 is 1.50 bits per heavy atom. The lowest BCUT2D eigenvalue weighted by Gasteiger charge is -2.12. The maximum atomic E-state index is 9.15. The number of nitrogen functional groups attached to an aromatic ring is 1. The van der Waals surface area contributed by atoms with E-state index in [1.807, 2.05) is 0 Å². The predicted octanol–water partition coefficient (Wildman–Crippen LogP) is -1.24. The highest BCUT2D eigenvalue weighted by Crippen LogP contribution is 2.09. The molecule has 0 aliphatic carbocycles. The molecule has 5 heteroatoms. The van der Waals surface area contributed by atoms with E-state index in [2.05, 4.69) is 0 Å². The molecule has 1 aromatic carbocycles. The fraction of sp³-hybridized carbons (Fsp3) is 0.333.